The van der Waals surface area contributed by atoms with Gasteiger partial charge in [0.05, 0.1) is 29.6 Å². The van der Waals surface area contributed by atoms with Gasteiger partial charge in [0.15, 0.2) is 0 Å². The number of nitrogens with zero attached hydrogens (tertiary/aromatic N) is 2. The maximum Gasteiger partial charge on any atom is 0.312 e. The van der Waals surface area contributed by atoms with Crippen molar-refractivity contribution in [1.29, 1.82) is 0 Å². The van der Waals surface area contributed by atoms with Crippen LogP contribution in [0, 0.1) is 22.7 Å². The van der Waals surface area contributed by atoms with E-state index in [2.05, 4.69) is 71.8 Å². The first-order valence-corrected chi connectivity index (χ1v) is 14.0. The summed E-state index contributed by atoms with van der Waals surface area (Å²) in [4.78, 5) is 13.2. The number of esters is 1. The zero-order valence-electron chi connectivity index (χ0n) is 21.0. The first-order valence-electron chi connectivity index (χ1n) is 13.2. The van der Waals surface area contributed by atoms with Crippen LogP contribution in [0.15, 0.2) is 34.9 Å². The van der Waals surface area contributed by atoms with E-state index in [1.54, 1.807) is 0 Å². The van der Waals surface area contributed by atoms with Gasteiger partial charge in [-0.2, -0.15) is 5.10 Å². The average molecular weight is 526 g/mol. The molecule has 0 unspecified atom stereocenters. The molecule has 4 aliphatic rings. The highest BCUT2D eigenvalue weighted by Gasteiger charge is 2.68. The molecule has 4 aliphatic carbocycles. The minimum atomic E-state index is -0.353. The fourth-order valence-electron chi connectivity index (χ4n) is 9.48. The molecule has 0 amide bonds. The third kappa shape index (κ3) is 2.82. The molecule has 1 spiro atoms. The molecular formula is C29H37BrN2O2. The highest BCUT2D eigenvalue weighted by atomic mass is 79.9. The first kappa shape index (κ1) is 22.8. The number of hydrogen-bond acceptors (Lipinski definition) is 3. The maximum atomic E-state index is 13.2. The molecule has 3 saturated carbocycles. The van der Waals surface area contributed by atoms with Crippen molar-refractivity contribution in [3.63, 3.8) is 0 Å². The molecule has 0 radical (unpaired) electrons. The lowest BCUT2D eigenvalue weighted by Crippen LogP contribution is -2.60. The first-order chi connectivity index (χ1) is 16.2. The fraction of sp³-hybridized carbons (Fsp3) is 0.655. The van der Waals surface area contributed by atoms with Crippen LogP contribution >= 0.6 is 15.9 Å². The minimum absolute atomic E-state index is 0.0395. The van der Waals surface area contributed by atoms with Crippen molar-refractivity contribution in [1.82, 2.24) is 9.78 Å². The smallest absolute Gasteiger partial charge is 0.312 e. The summed E-state index contributed by atoms with van der Waals surface area (Å²) >= 11 is 3.58. The zero-order chi connectivity index (χ0) is 23.9. The largest absolute Gasteiger partial charge is 0.466 e. The van der Waals surface area contributed by atoms with Crippen molar-refractivity contribution in [3.8, 4) is 5.69 Å². The highest BCUT2D eigenvalue weighted by Crippen LogP contribution is 2.73. The minimum Gasteiger partial charge on any atom is -0.466 e. The Bertz CT molecular complexity index is 1140. The van der Waals surface area contributed by atoms with Gasteiger partial charge in [-0.05, 0) is 100 Å². The van der Waals surface area contributed by atoms with Gasteiger partial charge < -0.3 is 4.74 Å². The summed E-state index contributed by atoms with van der Waals surface area (Å²) in [5.74, 6) is 1.04. The van der Waals surface area contributed by atoms with Crippen LogP contribution in [0.1, 0.15) is 90.3 Å². The Morgan fingerprint density at radius 2 is 1.82 bits per heavy atom. The van der Waals surface area contributed by atoms with Crippen LogP contribution in [-0.4, -0.2) is 22.4 Å². The number of carbonyl (C=O) groups is 1. The number of aromatic nitrogens is 2. The summed E-state index contributed by atoms with van der Waals surface area (Å²) < 4.78 is 8.98. The van der Waals surface area contributed by atoms with Gasteiger partial charge in [-0.15, -0.1) is 0 Å². The van der Waals surface area contributed by atoms with Crippen LogP contribution in [-0.2, 0) is 20.4 Å². The fourth-order valence-corrected chi connectivity index (χ4v) is 9.75. The van der Waals surface area contributed by atoms with Crippen LogP contribution in [0.4, 0.5) is 0 Å². The molecule has 3 fully saturated rings. The quantitative estimate of drug-likeness (QED) is 0.401. The van der Waals surface area contributed by atoms with Gasteiger partial charge in [0.25, 0.3) is 0 Å². The Balaban J connectivity index is 1.44. The van der Waals surface area contributed by atoms with Crippen molar-refractivity contribution < 1.29 is 9.53 Å². The SMILES string of the molecule is CCOC(=O)[C@]1(C)CCC[C@@]2(C)[C@@H]3CC[C@@]4(C)C[C@]3(CC[C@@H]21)c1cnn(-c2ccc(Br)cc2)c14. The molecule has 1 aromatic carbocycles. The third-order valence-corrected chi connectivity index (χ3v) is 11.2. The normalized spacial score (nSPS) is 40.3. The second kappa shape index (κ2) is 7.44. The Labute approximate surface area is 212 Å². The number of carbonyl (C=O) groups excluding carboxylic acids is 1. The molecule has 0 aliphatic heterocycles. The number of rotatable bonds is 3. The molecule has 6 rings (SSSR count). The van der Waals surface area contributed by atoms with E-state index in [-0.39, 0.29) is 27.6 Å². The number of hydrogen-bond donors (Lipinski definition) is 0. The number of ether oxygens (including phenoxy) is 1. The predicted molar refractivity (Wildman–Crippen MR) is 137 cm³/mol. The summed E-state index contributed by atoms with van der Waals surface area (Å²) in [7, 11) is 0. The second-order valence-corrected chi connectivity index (χ2v) is 13.3. The van der Waals surface area contributed by atoms with Crippen molar-refractivity contribution in [2.45, 2.75) is 89.9 Å². The summed E-state index contributed by atoms with van der Waals surface area (Å²) in [6.07, 6.45) is 11.5. The van der Waals surface area contributed by atoms with Crippen LogP contribution < -0.4 is 0 Å². The monoisotopic (exact) mass is 524 g/mol. The molecule has 4 nitrogen and oxygen atoms in total. The molecule has 0 saturated heterocycles. The topological polar surface area (TPSA) is 44.1 Å². The molecule has 182 valence electrons. The van der Waals surface area contributed by atoms with Gasteiger partial charge in [-0.25, -0.2) is 4.68 Å². The van der Waals surface area contributed by atoms with E-state index in [0.29, 0.717) is 18.4 Å². The second-order valence-electron chi connectivity index (χ2n) is 12.4. The lowest BCUT2D eigenvalue weighted by molar-refractivity contribution is -0.180. The number of halogens is 1. The molecular weight excluding hydrogens is 488 g/mol. The van der Waals surface area contributed by atoms with Crippen molar-refractivity contribution >= 4 is 21.9 Å². The molecule has 0 N–H and O–H groups in total. The Morgan fingerprint density at radius 1 is 1.09 bits per heavy atom. The van der Waals surface area contributed by atoms with Gasteiger partial charge in [-0.1, -0.05) is 36.2 Å². The van der Waals surface area contributed by atoms with E-state index < -0.39 is 0 Å². The average Bonchev–Trinajstić information content (AvgIpc) is 3.32. The molecule has 34 heavy (non-hydrogen) atoms. The highest BCUT2D eigenvalue weighted by molar-refractivity contribution is 9.10. The van der Waals surface area contributed by atoms with Crippen molar-refractivity contribution in [3.05, 3.63) is 46.2 Å². The molecule has 5 heteroatoms. The lowest BCUT2D eigenvalue weighted by Gasteiger charge is -2.64. The van der Waals surface area contributed by atoms with E-state index in [1.807, 2.05) is 6.92 Å². The van der Waals surface area contributed by atoms with Gasteiger partial charge in [0, 0.05) is 20.9 Å². The van der Waals surface area contributed by atoms with Gasteiger partial charge in [0.1, 0.15) is 0 Å². The Kier molecular flexibility index (Phi) is 5.00. The van der Waals surface area contributed by atoms with Crippen molar-refractivity contribution in [2.75, 3.05) is 6.61 Å². The Morgan fingerprint density at radius 3 is 2.56 bits per heavy atom. The van der Waals surface area contributed by atoms with Crippen LogP contribution in [0.5, 0.6) is 0 Å². The number of benzene rings is 1. The molecule has 6 atom stereocenters. The molecule has 1 heterocycles. The lowest BCUT2D eigenvalue weighted by atomic mass is 9.40. The van der Waals surface area contributed by atoms with Gasteiger partial charge >= 0.3 is 5.97 Å². The zero-order valence-corrected chi connectivity index (χ0v) is 22.6. The summed E-state index contributed by atoms with van der Waals surface area (Å²) in [5, 5.41) is 4.99. The van der Waals surface area contributed by atoms with Crippen molar-refractivity contribution in [2.24, 2.45) is 22.7 Å². The third-order valence-electron chi connectivity index (χ3n) is 10.7. The van der Waals surface area contributed by atoms with E-state index in [1.165, 1.54) is 43.4 Å². The van der Waals surface area contributed by atoms with Crippen LogP contribution in [0.3, 0.4) is 0 Å². The van der Waals surface area contributed by atoms with E-state index >= 15 is 0 Å². The van der Waals surface area contributed by atoms with E-state index in [4.69, 9.17) is 9.84 Å². The van der Waals surface area contributed by atoms with E-state index in [0.717, 1.165) is 29.4 Å². The summed E-state index contributed by atoms with van der Waals surface area (Å²) in [5.41, 5.74) is 4.27. The maximum absolute atomic E-state index is 13.2. The van der Waals surface area contributed by atoms with E-state index in [9.17, 15) is 4.79 Å². The molecule has 2 aromatic rings. The number of fused-ring (bicyclic) bond motifs is 5. The van der Waals surface area contributed by atoms with Gasteiger partial charge in [0.2, 0.25) is 0 Å². The van der Waals surface area contributed by atoms with Crippen LogP contribution in [0.25, 0.3) is 5.69 Å². The summed E-state index contributed by atoms with van der Waals surface area (Å²) in [6, 6.07) is 8.56. The predicted octanol–water partition coefficient (Wildman–Crippen LogP) is 7.11. The molecule has 1 aromatic heterocycles. The standard InChI is InChI=1S/C29H37BrN2O2/c1-5-34-25(33)28(4)14-6-13-27(3)22(28)12-16-29-18-26(2,15-11-23(27)29)24-21(29)17-31-32(24)20-9-7-19(30)8-10-20/h7-10,17,22-23H,5-6,11-16,18H2,1-4H3/t22-,23-,26-,27+,28+,29+/m0/s1. The van der Waals surface area contributed by atoms with Gasteiger partial charge in [-0.3, -0.25) is 4.79 Å². The Hall–Kier alpha value is -1.62. The summed E-state index contributed by atoms with van der Waals surface area (Å²) in [6.45, 7) is 9.63. The molecule has 2 bridgehead atoms. The van der Waals surface area contributed by atoms with Crippen LogP contribution in [0.2, 0.25) is 0 Å².